The Morgan fingerprint density at radius 1 is 1.00 bits per heavy atom. The molecule has 3 aromatic rings. The molecule has 2 aromatic carbocycles. The fourth-order valence-electron chi connectivity index (χ4n) is 2.36. The van der Waals surface area contributed by atoms with Crippen molar-refractivity contribution in [3.8, 4) is 0 Å². The molecule has 0 unspecified atom stereocenters. The lowest BCUT2D eigenvalue weighted by atomic mass is 10.2. The zero-order valence-electron chi connectivity index (χ0n) is 12.7. The van der Waals surface area contributed by atoms with Gasteiger partial charge in [-0.1, -0.05) is 18.2 Å². The second kappa shape index (κ2) is 5.93. The molecule has 0 aliphatic carbocycles. The molecule has 0 fully saturated rings. The number of fused-ring (bicyclic) bond motifs is 1. The van der Waals surface area contributed by atoms with Crippen LogP contribution in [0.4, 0.5) is 5.69 Å². The molecule has 122 valence electrons. The van der Waals surface area contributed by atoms with E-state index in [0.29, 0.717) is 9.69 Å². The lowest BCUT2D eigenvalue weighted by Crippen LogP contribution is -2.35. The van der Waals surface area contributed by atoms with Crippen molar-refractivity contribution in [2.24, 2.45) is 0 Å². The minimum Gasteiger partial charge on any atom is -0.423 e. The maximum absolute atomic E-state index is 12.8. The number of hydrogen-bond donors (Lipinski definition) is 0. The van der Waals surface area contributed by atoms with Crippen molar-refractivity contribution >= 4 is 32.6 Å². The normalized spacial score (nSPS) is 11.4. The number of carbonyl (C=O) groups is 1. The van der Waals surface area contributed by atoms with E-state index >= 15 is 0 Å². The standard InChI is InChI=1S/C17H13NO5S/c1-12(19)18(24(21,22)15-5-3-2-4-6-15)14-9-7-13-8-10-17(20)23-16(13)11-14/h2-11H,1H3. The highest BCUT2D eigenvalue weighted by Gasteiger charge is 2.28. The van der Waals surface area contributed by atoms with E-state index in [1.54, 1.807) is 30.3 Å². The summed E-state index contributed by atoms with van der Waals surface area (Å²) in [4.78, 5) is 23.4. The van der Waals surface area contributed by atoms with Gasteiger partial charge in [0.05, 0.1) is 10.6 Å². The zero-order valence-corrected chi connectivity index (χ0v) is 13.5. The fraction of sp³-hybridized carbons (Fsp3) is 0.0588. The van der Waals surface area contributed by atoms with Crippen molar-refractivity contribution < 1.29 is 17.6 Å². The van der Waals surface area contributed by atoms with E-state index in [9.17, 15) is 18.0 Å². The van der Waals surface area contributed by atoms with E-state index in [0.717, 1.165) is 6.92 Å². The van der Waals surface area contributed by atoms with E-state index in [4.69, 9.17) is 4.42 Å². The van der Waals surface area contributed by atoms with E-state index in [1.807, 2.05) is 0 Å². The van der Waals surface area contributed by atoms with E-state index in [1.165, 1.54) is 30.3 Å². The van der Waals surface area contributed by atoms with Crippen molar-refractivity contribution in [1.82, 2.24) is 0 Å². The fourth-order valence-corrected chi connectivity index (χ4v) is 3.80. The van der Waals surface area contributed by atoms with Gasteiger partial charge in [0, 0.05) is 24.4 Å². The maximum Gasteiger partial charge on any atom is 0.336 e. The lowest BCUT2D eigenvalue weighted by Gasteiger charge is -2.21. The first-order valence-electron chi connectivity index (χ1n) is 7.04. The number of carbonyl (C=O) groups excluding carboxylic acids is 1. The molecule has 0 atom stereocenters. The highest BCUT2D eigenvalue weighted by atomic mass is 32.2. The first-order chi connectivity index (χ1) is 11.4. The molecule has 1 amide bonds. The van der Waals surface area contributed by atoms with Crippen LogP contribution in [-0.2, 0) is 14.8 Å². The minimum atomic E-state index is -4.07. The summed E-state index contributed by atoms with van der Waals surface area (Å²) < 4.78 is 31.3. The van der Waals surface area contributed by atoms with Crippen molar-refractivity contribution in [2.45, 2.75) is 11.8 Å². The summed E-state index contributed by atoms with van der Waals surface area (Å²) >= 11 is 0. The van der Waals surface area contributed by atoms with Crippen molar-refractivity contribution in [2.75, 3.05) is 4.31 Å². The lowest BCUT2D eigenvalue weighted by molar-refractivity contribution is -0.115. The van der Waals surface area contributed by atoms with Gasteiger partial charge in [0.15, 0.2) is 0 Å². The van der Waals surface area contributed by atoms with Crippen LogP contribution in [0.15, 0.2) is 74.8 Å². The summed E-state index contributed by atoms with van der Waals surface area (Å²) in [7, 11) is -4.07. The summed E-state index contributed by atoms with van der Waals surface area (Å²) in [5, 5.41) is 0.624. The van der Waals surface area contributed by atoms with E-state index in [-0.39, 0.29) is 16.2 Å². The molecular formula is C17H13NO5S. The van der Waals surface area contributed by atoms with E-state index in [2.05, 4.69) is 0 Å². The third-order valence-corrected chi connectivity index (χ3v) is 5.23. The van der Waals surface area contributed by atoms with Gasteiger partial charge in [-0.2, -0.15) is 0 Å². The van der Waals surface area contributed by atoms with Crippen LogP contribution in [0.5, 0.6) is 0 Å². The molecule has 1 heterocycles. The second-order valence-electron chi connectivity index (χ2n) is 5.08. The quantitative estimate of drug-likeness (QED) is 0.682. The predicted octanol–water partition coefficient (Wildman–Crippen LogP) is 2.53. The highest BCUT2D eigenvalue weighted by Crippen LogP contribution is 2.27. The smallest absolute Gasteiger partial charge is 0.336 e. The van der Waals surface area contributed by atoms with Crippen molar-refractivity contribution in [3.05, 3.63) is 71.1 Å². The molecule has 0 spiro atoms. The topological polar surface area (TPSA) is 84.7 Å². The Labute approximate surface area is 138 Å². The number of sulfonamides is 1. The van der Waals surface area contributed by atoms with Gasteiger partial charge in [-0.3, -0.25) is 4.79 Å². The van der Waals surface area contributed by atoms with Crippen molar-refractivity contribution in [1.29, 1.82) is 0 Å². The number of amides is 1. The average molecular weight is 343 g/mol. The first kappa shape index (κ1) is 15.9. The number of hydrogen-bond acceptors (Lipinski definition) is 5. The molecule has 6 nitrogen and oxygen atoms in total. The van der Waals surface area contributed by atoms with Crippen LogP contribution in [0.25, 0.3) is 11.0 Å². The molecule has 3 rings (SSSR count). The van der Waals surface area contributed by atoms with Gasteiger partial charge in [-0.05, 0) is 30.3 Å². The summed E-state index contributed by atoms with van der Waals surface area (Å²) in [6.07, 6.45) is 0. The Morgan fingerprint density at radius 3 is 2.33 bits per heavy atom. The molecule has 0 saturated carbocycles. The monoisotopic (exact) mass is 343 g/mol. The first-order valence-corrected chi connectivity index (χ1v) is 8.48. The summed E-state index contributed by atoms with van der Waals surface area (Å²) in [6, 6.07) is 14.9. The van der Waals surface area contributed by atoms with Gasteiger partial charge in [-0.15, -0.1) is 0 Å². The summed E-state index contributed by atoms with van der Waals surface area (Å²) in [6.45, 7) is 1.16. The number of nitrogens with zero attached hydrogens (tertiary/aromatic N) is 1. The third-order valence-electron chi connectivity index (χ3n) is 3.41. The number of benzene rings is 2. The number of rotatable bonds is 3. The maximum atomic E-state index is 12.8. The van der Waals surface area contributed by atoms with Crippen molar-refractivity contribution in [3.63, 3.8) is 0 Å². The largest absolute Gasteiger partial charge is 0.423 e. The molecule has 0 radical (unpaired) electrons. The molecule has 1 aromatic heterocycles. The van der Waals surface area contributed by atoms with Gasteiger partial charge in [-0.25, -0.2) is 17.5 Å². The molecule has 0 bridgehead atoms. The SMILES string of the molecule is CC(=O)N(c1ccc2ccc(=O)oc2c1)S(=O)(=O)c1ccccc1. The van der Waals surface area contributed by atoms with Crippen LogP contribution in [0.3, 0.4) is 0 Å². The Hall–Kier alpha value is -2.93. The molecule has 24 heavy (non-hydrogen) atoms. The van der Waals surface area contributed by atoms with Crippen LogP contribution in [-0.4, -0.2) is 14.3 Å². The van der Waals surface area contributed by atoms with Crippen LogP contribution in [0.2, 0.25) is 0 Å². The number of anilines is 1. The van der Waals surface area contributed by atoms with Gasteiger partial charge in [0.25, 0.3) is 10.0 Å². The molecule has 0 saturated heterocycles. The predicted molar refractivity (Wildman–Crippen MR) is 89.3 cm³/mol. The Morgan fingerprint density at radius 2 is 1.67 bits per heavy atom. The molecule has 0 aliphatic rings. The molecule has 0 aliphatic heterocycles. The van der Waals surface area contributed by atoms with Gasteiger partial charge in [0.2, 0.25) is 5.91 Å². The van der Waals surface area contributed by atoms with Crippen LogP contribution in [0, 0.1) is 0 Å². The Kier molecular flexibility index (Phi) is 3.94. The van der Waals surface area contributed by atoms with Gasteiger partial charge in [0.1, 0.15) is 5.58 Å². The van der Waals surface area contributed by atoms with Crippen LogP contribution >= 0.6 is 0 Å². The molecule has 0 N–H and O–H groups in total. The molecular weight excluding hydrogens is 330 g/mol. The van der Waals surface area contributed by atoms with Crippen LogP contribution < -0.4 is 9.93 Å². The Balaban J connectivity index is 2.19. The summed E-state index contributed by atoms with van der Waals surface area (Å²) in [5.74, 6) is -0.670. The molecule has 7 heteroatoms. The van der Waals surface area contributed by atoms with Gasteiger partial charge < -0.3 is 4.42 Å². The van der Waals surface area contributed by atoms with Crippen LogP contribution in [0.1, 0.15) is 6.92 Å². The highest BCUT2D eigenvalue weighted by molar-refractivity contribution is 7.93. The second-order valence-corrected chi connectivity index (χ2v) is 6.86. The minimum absolute atomic E-state index is 0.00480. The van der Waals surface area contributed by atoms with E-state index < -0.39 is 21.6 Å². The third kappa shape index (κ3) is 2.81. The van der Waals surface area contributed by atoms with Gasteiger partial charge >= 0.3 is 5.63 Å². The Bertz CT molecular complexity index is 1070. The summed E-state index contributed by atoms with van der Waals surface area (Å²) in [5.41, 5.74) is -0.248. The zero-order chi connectivity index (χ0) is 17.3. The average Bonchev–Trinajstić information content (AvgIpc) is 2.55.